The molecule has 0 aliphatic rings. The van der Waals surface area contributed by atoms with Crippen molar-refractivity contribution in [3.05, 3.63) is 88.2 Å². The summed E-state index contributed by atoms with van der Waals surface area (Å²) in [7, 11) is 0. The zero-order valence-corrected chi connectivity index (χ0v) is 14.7. The van der Waals surface area contributed by atoms with Gasteiger partial charge >= 0.3 is 0 Å². The molecule has 0 saturated heterocycles. The van der Waals surface area contributed by atoms with Gasteiger partial charge in [0, 0.05) is 24.3 Å². The lowest BCUT2D eigenvalue weighted by Crippen LogP contribution is -2.14. The number of rotatable bonds is 6. The van der Waals surface area contributed by atoms with Crippen LogP contribution in [0.3, 0.4) is 0 Å². The van der Waals surface area contributed by atoms with Gasteiger partial charge in [0.25, 0.3) is 0 Å². The standard InChI is InChI=1S/C21H25N3/c1-16-9-11-19(12-10-16)13-22-14-21-17(2)23-24(18(21)3)15-20-7-5-4-6-8-20/h4-12,22H,13-15H2,1-3H3. The maximum Gasteiger partial charge on any atom is 0.0662 e. The van der Waals surface area contributed by atoms with Crippen molar-refractivity contribution in [1.29, 1.82) is 0 Å². The molecule has 0 saturated carbocycles. The summed E-state index contributed by atoms with van der Waals surface area (Å²) < 4.78 is 2.10. The number of hydrogen-bond acceptors (Lipinski definition) is 2. The maximum absolute atomic E-state index is 4.72. The Morgan fingerprint density at radius 3 is 2.25 bits per heavy atom. The van der Waals surface area contributed by atoms with Crippen molar-refractivity contribution in [1.82, 2.24) is 15.1 Å². The predicted octanol–water partition coefficient (Wildman–Crippen LogP) is 4.15. The van der Waals surface area contributed by atoms with Crippen molar-refractivity contribution in [2.45, 2.75) is 40.4 Å². The second kappa shape index (κ2) is 7.45. The fourth-order valence-electron chi connectivity index (χ4n) is 2.94. The lowest BCUT2D eigenvalue weighted by atomic mass is 10.1. The van der Waals surface area contributed by atoms with Crippen LogP contribution in [0.2, 0.25) is 0 Å². The van der Waals surface area contributed by atoms with Crippen LogP contribution in [0.5, 0.6) is 0 Å². The molecule has 3 rings (SSSR count). The molecule has 0 aliphatic carbocycles. The molecule has 0 fully saturated rings. The van der Waals surface area contributed by atoms with Crippen LogP contribution < -0.4 is 5.32 Å². The zero-order chi connectivity index (χ0) is 16.9. The molecule has 1 heterocycles. The monoisotopic (exact) mass is 319 g/mol. The summed E-state index contributed by atoms with van der Waals surface area (Å²) in [5.41, 5.74) is 7.55. The quantitative estimate of drug-likeness (QED) is 0.740. The average molecular weight is 319 g/mol. The van der Waals surface area contributed by atoms with Crippen LogP contribution in [0.4, 0.5) is 0 Å². The Balaban J connectivity index is 1.64. The Morgan fingerprint density at radius 1 is 0.833 bits per heavy atom. The van der Waals surface area contributed by atoms with Gasteiger partial charge in [0.2, 0.25) is 0 Å². The normalized spacial score (nSPS) is 11.0. The van der Waals surface area contributed by atoms with Gasteiger partial charge in [-0.1, -0.05) is 60.2 Å². The number of benzene rings is 2. The predicted molar refractivity (Wildman–Crippen MR) is 99.0 cm³/mol. The Labute approximate surface area is 144 Å². The Kier molecular flexibility index (Phi) is 5.11. The van der Waals surface area contributed by atoms with Gasteiger partial charge in [-0.15, -0.1) is 0 Å². The van der Waals surface area contributed by atoms with E-state index in [1.807, 2.05) is 6.07 Å². The molecule has 2 aromatic carbocycles. The van der Waals surface area contributed by atoms with E-state index in [9.17, 15) is 0 Å². The minimum Gasteiger partial charge on any atom is -0.308 e. The van der Waals surface area contributed by atoms with Gasteiger partial charge in [-0.3, -0.25) is 4.68 Å². The van der Waals surface area contributed by atoms with E-state index in [2.05, 4.69) is 79.3 Å². The van der Waals surface area contributed by atoms with Crippen molar-refractivity contribution < 1.29 is 0 Å². The average Bonchev–Trinajstić information content (AvgIpc) is 2.85. The second-order valence-electron chi connectivity index (χ2n) is 6.38. The fraction of sp³-hybridized carbons (Fsp3) is 0.286. The van der Waals surface area contributed by atoms with Gasteiger partial charge in [0.05, 0.1) is 12.2 Å². The SMILES string of the molecule is Cc1ccc(CNCc2c(C)nn(Cc3ccccc3)c2C)cc1. The summed E-state index contributed by atoms with van der Waals surface area (Å²) in [6, 6.07) is 19.2. The molecule has 3 nitrogen and oxygen atoms in total. The minimum absolute atomic E-state index is 0.825. The van der Waals surface area contributed by atoms with Crippen molar-refractivity contribution in [2.75, 3.05) is 0 Å². The molecule has 0 spiro atoms. The molecule has 0 aliphatic heterocycles. The van der Waals surface area contributed by atoms with E-state index in [-0.39, 0.29) is 0 Å². The molecule has 1 aromatic heterocycles. The summed E-state index contributed by atoms with van der Waals surface area (Å²) in [6.45, 7) is 8.92. The highest BCUT2D eigenvalue weighted by Gasteiger charge is 2.11. The van der Waals surface area contributed by atoms with Crippen molar-refractivity contribution >= 4 is 0 Å². The van der Waals surface area contributed by atoms with E-state index in [1.165, 1.54) is 27.9 Å². The van der Waals surface area contributed by atoms with E-state index < -0.39 is 0 Å². The van der Waals surface area contributed by atoms with Gasteiger partial charge in [-0.2, -0.15) is 5.10 Å². The van der Waals surface area contributed by atoms with Crippen molar-refractivity contribution in [3.8, 4) is 0 Å². The fourth-order valence-corrected chi connectivity index (χ4v) is 2.94. The highest BCUT2D eigenvalue weighted by atomic mass is 15.3. The molecule has 0 atom stereocenters. The van der Waals surface area contributed by atoms with Crippen LogP contribution in [0.15, 0.2) is 54.6 Å². The molecule has 1 N–H and O–H groups in total. The van der Waals surface area contributed by atoms with Gasteiger partial charge in [-0.25, -0.2) is 0 Å². The molecule has 3 aromatic rings. The first kappa shape index (κ1) is 16.5. The molecule has 124 valence electrons. The number of aromatic nitrogens is 2. The lowest BCUT2D eigenvalue weighted by Gasteiger charge is -2.08. The summed E-state index contributed by atoms with van der Waals surface area (Å²) in [4.78, 5) is 0. The first-order chi connectivity index (χ1) is 11.6. The Bertz CT molecular complexity index is 786. The van der Waals surface area contributed by atoms with Gasteiger partial charge in [0.15, 0.2) is 0 Å². The second-order valence-corrected chi connectivity index (χ2v) is 6.38. The Morgan fingerprint density at radius 2 is 1.54 bits per heavy atom. The van der Waals surface area contributed by atoms with Crippen LogP contribution in [0.1, 0.15) is 33.6 Å². The Hall–Kier alpha value is -2.39. The molecule has 3 heteroatoms. The van der Waals surface area contributed by atoms with Crippen molar-refractivity contribution in [2.24, 2.45) is 0 Å². The van der Waals surface area contributed by atoms with E-state index in [1.54, 1.807) is 0 Å². The molecular formula is C21H25N3. The van der Waals surface area contributed by atoms with Crippen molar-refractivity contribution in [3.63, 3.8) is 0 Å². The number of nitrogens with zero attached hydrogens (tertiary/aromatic N) is 2. The summed E-state index contributed by atoms with van der Waals surface area (Å²) in [6.07, 6.45) is 0. The van der Waals surface area contributed by atoms with Gasteiger partial charge in [0.1, 0.15) is 0 Å². The van der Waals surface area contributed by atoms with E-state index in [0.717, 1.165) is 25.3 Å². The zero-order valence-electron chi connectivity index (χ0n) is 14.7. The summed E-state index contributed by atoms with van der Waals surface area (Å²) in [5.74, 6) is 0. The van der Waals surface area contributed by atoms with Gasteiger partial charge in [-0.05, 0) is 31.9 Å². The largest absolute Gasteiger partial charge is 0.308 e. The first-order valence-electron chi connectivity index (χ1n) is 8.46. The first-order valence-corrected chi connectivity index (χ1v) is 8.46. The smallest absolute Gasteiger partial charge is 0.0662 e. The number of aryl methyl sites for hydroxylation is 2. The van der Waals surface area contributed by atoms with E-state index >= 15 is 0 Å². The molecule has 0 amide bonds. The summed E-state index contributed by atoms with van der Waals surface area (Å²) in [5, 5.41) is 8.26. The lowest BCUT2D eigenvalue weighted by molar-refractivity contribution is 0.653. The molecular weight excluding hydrogens is 294 g/mol. The number of hydrogen-bond donors (Lipinski definition) is 1. The third-order valence-electron chi connectivity index (χ3n) is 4.46. The van der Waals surface area contributed by atoms with Crippen LogP contribution in [-0.2, 0) is 19.6 Å². The molecule has 0 radical (unpaired) electrons. The van der Waals surface area contributed by atoms with E-state index in [0.29, 0.717) is 0 Å². The summed E-state index contributed by atoms with van der Waals surface area (Å²) >= 11 is 0. The topological polar surface area (TPSA) is 29.9 Å². The van der Waals surface area contributed by atoms with Crippen LogP contribution >= 0.6 is 0 Å². The van der Waals surface area contributed by atoms with Crippen LogP contribution in [-0.4, -0.2) is 9.78 Å². The van der Waals surface area contributed by atoms with Crippen LogP contribution in [0, 0.1) is 20.8 Å². The highest BCUT2D eigenvalue weighted by Crippen LogP contribution is 2.15. The third kappa shape index (κ3) is 3.92. The molecule has 0 bridgehead atoms. The minimum atomic E-state index is 0.825. The van der Waals surface area contributed by atoms with E-state index in [4.69, 9.17) is 5.10 Å². The van der Waals surface area contributed by atoms with Gasteiger partial charge < -0.3 is 5.32 Å². The number of nitrogens with one attached hydrogen (secondary N) is 1. The highest BCUT2D eigenvalue weighted by molar-refractivity contribution is 5.26. The maximum atomic E-state index is 4.72. The molecule has 0 unspecified atom stereocenters. The van der Waals surface area contributed by atoms with Crippen LogP contribution in [0.25, 0.3) is 0 Å². The third-order valence-corrected chi connectivity index (χ3v) is 4.46. The molecule has 24 heavy (non-hydrogen) atoms.